The van der Waals surface area contributed by atoms with E-state index < -0.39 is 0 Å². The van der Waals surface area contributed by atoms with E-state index in [9.17, 15) is 0 Å². The number of anilines is 3. The molecule has 0 atom stereocenters. The number of likely N-dealkylation sites (tertiary alicyclic amines) is 1. The third kappa shape index (κ3) is 5.84. The van der Waals surface area contributed by atoms with E-state index in [2.05, 4.69) is 37.6 Å². The van der Waals surface area contributed by atoms with Gasteiger partial charge in [-0.3, -0.25) is 4.90 Å². The molecule has 1 aromatic heterocycles. The summed E-state index contributed by atoms with van der Waals surface area (Å²) in [4.78, 5) is 11.2. The number of benzene rings is 2. The van der Waals surface area contributed by atoms with E-state index in [0.29, 0.717) is 29.9 Å². The Morgan fingerprint density at radius 3 is 2.53 bits per heavy atom. The monoisotopic (exact) mass is 423 g/mol. The summed E-state index contributed by atoms with van der Waals surface area (Å²) in [7, 11) is 0. The van der Waals surface area contributed by atoms with Gasteiger partial charge in [0.1, 0.15) is 17.4 Å². The molecule has 0 radical (unpaired) electrons. The fourth-order valence-corrected chi connectivity index (χ4v) is 3.55. The summed E-state index contributed by atoms with van der Waals surface area (Å²) >= 11 is 6.25. The first kappa shape index (κ1) is 20.4. The number of nitrogens with zero attached hydrogens (tertiary/aromatic N) is 3. The van der Waals surface area contributed by atoms with Crippen molar-refractivity contribution in [1.29, 1.82) is 0 Å². The Balaban J connectivity index is 1.31. The molecule has 0 aliphatic carbocycles. The molecule has 7 heteroatoms. The van der Waals surface area contributed by atoms with Gasteiger partial charge in [-0.2, -0.15) is 4.98 Å². The Morgan fingerprint density at radius 1 is 1.00 bits per heavy atom. The molecule has 1 fully saturated rings. The van der Waals surface area contributed by atoms with Crippen molar-refractivity contribution < 1.29 is 4.74 Å². The molecule has 2 N–H and O–H groups in total. The van der Waals surface area contributed by atoms with Crippen molar-refractivity contribution in [3.8, 4) is 5.75 Å². The largest absolute Gasteiger partial charge is 0.492 e. The number of halogens is 1. The molecule has 2 heterocycles. The molecule has 0 amide bonds. The Hall–Kier alpha value is -2.83. The van der Waals surface area contributed by atoms with Gasteiger partial charge in [0.15, 0.2) is 5.82 Å². The normalized spacial score (nSPS) is 13.9. The second-order valence-corrected chi connectivity index (χ2v) is 7.68. The lowest BCUT2D eigenvalue weighted by Gasteiger charge is -2.15. The van der Waals surface area contributed by atoms with Gasteiger partial charge in [0.25, 0.3) is 0 Å². The van der Waals surface area contributed by atoms with Crippen LogP contribution >= 0.6 is 11.6 Å². The first-order chi connectivity index (χ1) is 14.8. The second kappa shape index (κ2) is 10.3. The summed E-state index contributed by atoms with van der Waals surface area (Å²) in [6.07, 6.45) is 4.20. The van der Waals surface area contributed by atoms with Crippen LogP contribution in [0.1, 0.15) is 18.4 Å². The predicted molar refractivity (Wildman–Crippen MR) is 122 cm³/mol. The molecule has 0 saturated carbocycles. The zero-order valence-corrected chi connectivity index (χ0v) is 17.6. The van der Waals surface area contributed by atoms with Gasteiger partial charge in [0.05, 0.1) is 6.20 Å². The Kier molecular flexibility index (Phi) is 7.00. The molecule has 1 saturated heterocycles. The summed E-state index contributed by atoms with van der Waals surface area (Å²) in [6.45, 7) is 4.71. The molecule has 3 aromatic rings. The topological polar surface area (TPSA) is 62.3 Å². The molecule has 0 spiro atoms. The molecule has 2 aromatic carbocycles. The third-order valence-corrected chi connectivity index (χ3v) is 5.31. The van der Waals surface area contributed by atoms with Crippen LogP contribution in [0.5, 0.6) is 5.75 Å². The molecule has 1 aliphatic heterocycles. The highest BCUT2D eigenvalue weighted by Crippen LogP contribution is 2.23. The first-order valence-electron chi connectivity index (χ1n) is 10.3. The zero-order chi connectivity index (χ0) is 20.6. The number of hydrogen-bond acceptors (Lipinski definition) is 6. The van der Waals surface area contributed by atoms with Gasteiger partial charge in [-0.15, -0.1) is 0 Å². The highest BCUT2D eigenvalue weighted by molar-refractivity contribution is 6.32. The predicted octanol–water partition coefficient (Wildman–Crippen LogP) is 4.96. The molecule has 0 unspecified atom stereocenters. The Morgan fingerprint density at radius 2 is 1.77 bits per heavy atom. The summed E-state index contributed by atoms with van der Waals surface area (Å²) in [5, 5.41) is 6.96. The fourth-order valence-electron chi connectivity index (χ4n) is 3.40. The summed E-state index contributed by atoms with van der Waals surface area (Å²) in [5.41, 5.74) is 2.04. The van der Waals surface area contributed by atoms with Crippen LogP contribution in [-0.4, -0.2) is 41.1 Å². The van der Waals surface area contributed by atoms with Gasteiger partial charge >= 0.3 is 0 Å². The quantitative estimate of drug-likeness (QED) is 0.507. The van der Waals surface area contributed by atoms with Gasteiger partial charge in [-0.25, -0.2) is 4.98 Å². The van der Waals surface area contributed by atoms with E-state index in [1.807, 2.05) is 42.5 Å². The number of ether oxygens (including phenoxy) is 1. The van der Waals surface area contributed by atoms with Crippen molar-refractivity contribution in [3.63, 3.8) is 0 Å². The standard InChI is InChI=1S/C23H26ClN5O/c24-21-17-26-23(28-22(21)25-16-18-6-2-1-3-7-18)27-19-8-10-20(11-9-19)30-15-14-29-12-4-5-13-29/h1-3,6-11,17H,4-5,12-16H2,(H2,25,26,27,28). The highest BCUT2D eigenvalue weighted by Gasteiger charge is 2.11. The fraction of sp³-hybridized carbons (Fsp3) is 0.304. The van der Waals surface area contributed by atoms with Gasteiger partial charge in [-0.05, 0) is 55.8 Å². The minimum atomic E-state index is 0.484. The van der Waals surface area contributed by atoms with Gasteiger partial charge in [0.2, 0.25) is 5.95 Å². The van der Waals surface area contributed by atoms with Crippen molar-refractivity contribution in [2.45, 2.75) is 19.4 Å². The lowest BCUT2D eigenvalue weighted by atomic mass is 10.2. The molecular formula is C23H26ClN5O. The molecule has 0 bridgehead atoms. The van der Waals surface area contributed by atoms with Crippen molar-refractivity contribution in [1.82, 2.24) is 14.9 Å². The number of rotatable bonds is 9. The molecule has 1 aliphatic rings. The lowest BCUT2D eigenvalue weighted by Crippen LogP contribution is -2.25. The van der Waals surface area contributed by atoms with Crippen LogP contribution in [0.4, 0.5) is 17.5 Å². The summed E-state index contributed by atoms with van der Waals surface area (Å²) in [6, 6.07) is 17.9. The lowest BCUT2D eigenvalue weighted by molar-refractivity contribution is 0.238. The Bertz CT molecular complexity index is 930. The van der Waals surface area contributed by atoms with Crippen LogP contribution in [0.25, 0.3) is 0 Å². The van der Waals surface area contributed by atoms with E-state index in [1.54, 1.807) is 6.20 Å². The summed E-state index contributed by atoms with van der Waals surface area (Å²) in [5.74, 6) is 1.94. The molecular weight excluding hydrogens is 398 g/mol. The SMILES string of the molecule is Clc1cnc(Nc2ccc(OCCN3CCCC3)cc2)nc1NCc1ccccc1. The minimum Gasteiger partial charge on any atom is -0.492 e. The van der Waals surface area contributed by atoms with Crippen molar-refractivity contribution in [2.24, 2.45) is 0 Å². The average molecular weight is 424 g/mol. The number of hydrogen-bond donors (Lipinski definition) is 2. The van der Waals surface area contributed by atoms with Crippen LogP contribution in [0.3, 0.4) is 0 Å². The maximum atomic E-state index is 6.25. The van der Waals surface area contributed by atoms with Crippen molar-refractivity contribution in [2.75, 3.05) is 36.9 Å². The second-order valence-electron chi connectivity index (χ2n) is 7.28. The maximum absolute atomic E-state index is 6.25. The molecule has 30 heavy (non-hydrogen) atoms. The molecule has 6 nitrogen and oxygen atoms in total. The molecule has 4 rings (SSSR count). The Labute approximate surface area is 182 Å². The summed E-state index contributed by atoms with van der Waals surface area (Å²) < 4.78 is 5.85. The van der Waals surface area contributed by atoms with Crippen LogP contribution in [-0.2, 0) is 6.54 Å². The zero-order valence-electron chi connectivity index (χ0n) is 16.9. The highest BCUT2D eigenvalue weighted by atomic mass is 35.5. The van der Waals surface area contributed by atoms with Crippen LogP contribution in [0.15, 0.2) is 60.8 Å². The third-order valence-electron chi connectivity index (χ3n) is 5.03. The average Bonchev–Trinajstić information content (AvgIpc) is 3.30. The van der Waals surface area contributed by atoms with Crippen LogP contribution < -0.4 is 15.4 Å². The van der Waals surface area contributed by atoms with Gasteiger partial charge in [0, 0.05) is 18.8 Å². The van der Waals surface area contributed by atoms with Crippen LogP contribution in [0.2, 0.25) is 5.02 Å². The van der Waals surface area contributed by atoms with E-state index in [-0.39, 0.29) is 0 Å². The van der Waals surface area contributed by atoms with Gasteiger partial charge in [-0.1, -0.05) is 41.9 Å². The van der Waals surface area contributed by atoms with Crippen LogP contribution in [0, 0.1) is 0 Å². The van der Waals surface area contributed by atoms with Crippen molar-refractivity contribution in [3.05, 3.63) is 71.4 Å². The number of aromatic nitrogens is 2. The first-order valence-corrected chi connectivity index (χ1v) is 10.7. The minimum absolute atomic E-state index is 0.484. The van der Waals surface area contributed by atoms with Gasteiger partial charge < -0.3 is 15.4 Å². The smallest absolute Gasteiger partial charge is 0.229 e. The number of nitrogens with one attached hydrogen (secondary N) is 2. The molecule has 156 valence electrons. The van der Waals surface area contributed by atoms with E-state index >= 15 is 0 Å². The van der Waals surface area contributed by atoms with Crippen molar-refractivity contribution >= 4 is 29.1 Å². The van der Waals surface area contributed by atoms with E-state index in [0.717, 1.165) is 23.5 Å². The van der Waals surface area contributed by atoms with E-state index in [4.69, 9.17) is 16.3 Å². The van der Waals surface area contributed by atoms with E-state index in [1.165, 1.54) is 25.9 Å². The maximum Gasteiger partial charge on any atom is 0.229 e.